The Bertz CT molecular complexity index is 437. The molecule has 0 aromatic rings. The third-order valence-corrected chi connectivity index (χ3v) is 3.43. The van der Waals surface area contributed by atoms with Crippen LogP contribution in [0.4, 0.5) is 0 Å². The second-order valence-electron chi connectivity index (χ2n) is 5.25. The smallest absolute Gasteiger partial charge is 0.550 e. The molecular formula is C16H23O6Rb. The van der Waals surface area contributed by atoms with Gasteiger partial charge in [-0.25, -0.2) is 9.59 Å². The Kier molecular flexibility index (Phi) is 13.1. The number of aliphatic carboxylic acids is 1. The molecular weight excluding hydrogens is 374 g/mol. The average Bonchev–Trinajstić information content (AvgIpc) is 2.44. The first-order valence-corrected chi connectivity index (χ1v) is 7.03. The van der Waals surface area contributed by atoms with E-state index in [1.54, 1.807) is 6.92 Å². The average molecular weight is 397 g/mol. The second kappa shape index (κ2) is 12.1. The molecule has 0 fully saturated rings. The topological polar surface area (TPSA) is 92.7 Å². The number of carbonyl (C=O) groups excluding carboxylic acids is 3. The molecule has 0 rings (SSSR count). The molecule has 0 atom stereocenters. The quantitative estimate of drug-likeness (QED) is 0.318. The van der Waals surface area contributed by atoms with E-state index in [0.29, 0.717) is 0 Å². The summed E-state index contributed by atoms with van der Waals surface area (Å²) < 4.78 is 9.85. The summed E-state index contributed by atoms with van der Waals surface area (Å²) in [6, 6.07) is 0. The van der Waals surface area contributed by atoms with Gasteiger partial charge in [-0.3, -0.25) is 0 Å². The van der Waals surface area contributed by atoms with Crippen LogP contribution in [0.15, 0.2) is 24.3 Å². The molecule has 0 saturated carbocycles. The number of esters is 2. The molecule has 0 N–H and O–H groups in total. The monoisotopic (exact) mass is 396 g/mol. The van der Waals surface area contributed by atoms with Gasteiger partial charge in [0, 0.05) is 22.5 Å². The third-order valence-electron chi connectivity index (χ3n) is 3.43. The van der Waals surface area contributed by atoms with Gasteiger partial charge >= 0.3 is 70.1 Å². The summed E-state index contributed by atoms with van der Waals surface area (Å²) >= 11 is 0. The van der Waals surface area contributed by atoms with E-state index in [-0.39, 0.29) is 102 Å². The van der Waals surface area contributed by atoms with Gasteiger partial charge < -0.3 is 19.4 Å². The van der Waals surface area contributed by atoms with Crippen LogP contribution >= 0.6 is 0 Å². The molecule has 0 aliphatic rings. The van der Waals surface area contributed by atoms with E-state index in [9.17, 15) is 19.5 Å². The van der Waals surface area contributed by atoms with Crippen molar-refractivity contribution >= 4 is 17.9 Å². The Morgan fingerprint density at radius 3 is 1.52 bits per heavy atom. The minimum absolute atomic E-state index is 0. The maximum Gasteiger partial charge on any atom is 1.00 e. The van der Waals surface area contributed by atoms with Gasteiger partial charge in [0.2, 0.25) is 0 Å². The summed E-state index contributed by atoms with van der Waals surface area (Å²) in [7, 11) is 0. The summed E-state index contributed by atoms with van der Waals surface area (Å²) in [5, 5.41) is 11.4. The minimum atomic E-state index is -1.26. The predicted octanol–water partition coefficient (Wildman–Crippen LogP) is -1.84. The van der Waals surface area contributed by atoms with Crippen molar-refractivity contribution in [1.29, 1.82) is 0 Å². The van der Waals surface area contributed by atoms with Crippen LogP contribution in [0.1, 0.15) is 40.0 Å². The van der Waals surface area contributed by atoms with Gasteiger partial charge in [-0.15, -0.1) is 0 Å². The van der Waals surface area contributed by atoms with Crippen LogP contribution in [0.2, 0.25) is 0 Å². The number of carbonyl (C=O) groups is 3. The predicted molar refractivity (Wildman–Crippen MR) is 78.5 cm³/mol. The van der Waals surface area contributed by atoms with Crippen LogP contribution in [0.3, 0.4) is 0 Å². The number of hydrogen-bond acceptors (Lipinski definition) is 6. The molecule has 23 heavy (non-hydrogen) atoms. The number of carboxylic acid groups (broad SMARTS) is 1. The van der Waals surface area contributed by atoms with Crippen LogP contribution in [-0.2, 0) is 23.9 Å². The molecule has 0 aliphatic heterocycles. The van der Waals surface area contributed by atoms with Crippen molar-refractivity contribution in [3.8, 4) is 0 Å². The molecule has 0 unspecified atom stereocenters. The zero-order valence-corrected chi connectivity index (χ0v) is 19.3. The Hall–Kier alpha value is -0.305. The van der Waals surface area contributed by atoms with Gasteiger partial charge in [0.15, 0.2) is 0 Å². The summed E-state index contributed by atoms with van der Waals surface area (Å²) in [5.41, 5.74) is -0.734. The van der Waals surface area contributed by atoms with Gasteiger partial charge in [-0.05, 0) is 33.1 Å². The van der Waals surface area contributed by atoms with Crippen LogP contribution in [0.25, 0.3) is 0 Å². The van der Waals surface area contributed by atoms with Crippen molar-refractivity contribution in [3.63, 3.8) is 0 Å². The molecule has 0 heterocycles. The number of hydrogen-bond donors (Lipinski definition) is 0. The van der Waals surface area contributed by atoms with Crippen LogP contribution in [-0.4, -0.2) is 31.1 Å². The standard InChI is InChI=1S/C16H24O6.Rb/c1-6-16(15(19)20,7-9-21-13(17)11(2)3)8-10-22-14(18)12(4)5;/h2,4,6-10H2,1,3,5H3,(H,19,20);/q;+1/p-1. The molecule has 0 saturated heterocycles. The molecule has 0 aliphatic carbocycles. The largest absolute Gasteiger partial charge is 1.00 e. The second-order valence-corrected chi connectivity index (χ2v) is 5.25. The molecule has 6 nitrogen and oxygen atoms in total. The first-order valence-electron chi connectivity index (χ1n) is 7.03. The fraction of sp³-hybridized carbons (Fsp3) is 0.562. The van der Waals surface area contributed by atoms with E-state index in [0.717, 1.165) is 0 Å². The van der Waals surface area contributed by atoms with Crippen molar-refractivity contribution in [2.45, 2.75) is 40.0 Å². The van der Waals surface area contributed by atoms with Gasteiger partial charge in [-0.1, -0.05) is 20.1 Å². The molecule has 0 amide bonds. The summed E-state index contributed by atoms with van der Waals surface area (Å²) in [6.45, 7) is 11.5. The fourth-order valence-electron chi connectivity index (χ4n) is 1.75. The molecule has 7 heteroatoms. The van der Waals surface area contributed by atoms with Crippen molar-refractivity contribution in [3.05, 3.63) is 24.3 Å². The van der Waals surface area contributed by atoms with Gasteiger partial charge in [0.05, 0.1) is 13.2 Å². The van der Waals surface area contributed by atoms with Crippen molar-refractivity contribution < 1.29 is 87.2 Å². The van der Waals surface area contributed by atoms with E-state index in [2.05, 4.69) is 13.2 Å². The summed E-state index contributed by atoms with van der Waals surface area (Å²) in [6.07, 6.45) is 0.426. The van der Waals surface area contributed by atoms with Crippen LogP contribution < -0.4 is 63.3 Å². The molecule has 124 valence electrons. The van der Waals surface area contributed by atoms with Crippen molar-refractivity contribution in [1.82, 2.24) is 0 Å². The number of carboxylic acids is 1. The van der Waals surface area contributed by atoms with Gasteiger partial charge in [-0.2, -0.15) is 0 Å². The molecule has 0 bridgehead atoms. The van der Waals surface area contributed by atoms with Crippen LogP contribution in [0, 0.1) is 5.41 Å². The Morgan fingerprint density at radius 2 is 1.30 bits per heavy atom. The van der Waals surface area contributed by atoms with E-state index >= 15 is 0 Å². The maximum atomic E-state index is 11.4. The maximum absolute atomic E-state index is 11.4. The normalized spacial score (nSPS) is 10.2. The van der Waals surface area contributed by atoms with E-state index in [4.69, 9.17) is 9.47 Å². The Labute approximate surface area is 186 Å². The van der Waals surface area contributed by atoms with Crippen molar-refractivity contribution in [2.75, 3.05) is 13.2 Å². The van der Waals surface area contributed by atoms with Gasteiger partial charge in [0.25, 0.3) is 0 Å². The molecule has 0 spiro atoms. The fourth-order valence-corrected chi connectivity index (χ4v) is 1.75. The first-order chi connectivity index (χ1) is 10.2. The first kappa shape index (κ1) is 24.9. The Morgan fingerprint density at radius 1 is 0.957 bits per heavy atom. The molecule has 0 aromatic carbocycles. The number of rotatable bonds is 10. The zero-order chi connectivity index (χ0) is 17.3. The molecule has 0 radical (unpaired) electrons. The summed E-state index contributed by atoms with van der Waals surface area (Å²) in [5.74, 6) is -2.40. The van der Waals surface area contributed by atoms with E-state index in [1.165, 1.54) is 13.8 Å². The van der Waals surface area contributed by atoms with Crippen molar-refractivity contribution in [2.24, 2.45) is 5.41 Å². The van der Waals surface area contributed by atoms with E-state index < -0.39 is 23.3 Å². The SMILES string of the molecule is C=C(C)C(=O)OCCC(CC)(CCOC(=O)C(=C)C)C(=O)[O-].[Rb+]. The van der Waals surface area contributed by atoms with Gasteiger partial charge in [0.1, 0.15) is 0 Å². The number of ether oxygens (including phenoxy) is 2. The third kappa shape index (κ3) is 8.93. The zero-order valence-electron chi connectivity index (χ0n) is 14.4. The summed E-state index contributed by atoms with van der Waals surface area (Å²) in [4.78, 5) is 34.0. The minimum Gasteiger partial charge on any atom is -0.550 e. The van der Waals surface area contributed by atoms with Crippen LogP contribution in [0.5, 0.6) is 0 Å². The Balaban J connectivity index is 0. The molecule has 0 aromatic heterocycles. The van der Waals surface area contributed by atoms with E-state index in [1.807, 2.05) is 0 Å².